The number of phenols is 1. The van der Waals surface area contributed by atoms with Gasteiger partial charge in [0.05, 0.1) is 5.08 Å². The predicted molar refractivity (Wildman–Crippen MR) is 55.4 cm³/mol. The lowest BCUT2D eigenvalue weighted by atomic mass is 10.3. The Morgan fingerprint density at radius 1 is 1.50 bits per heavy atom. The summed E-state index contributed by atoms with van der Waals surface area (Å²) < 4.78 is 12.7. The molecule has 0 spiro atoms. The first-order valence-electron chi connectivity index (χ1n) is 3.11. The van der Waals surface area contributed by atoms with Crippen molar-refractivity contribution in [1.29, 1.82) is 0 Å². The smallest absolute Gasteiger partial charge is 0.165 e. The molecule has 0 unspecified atom stereocenters. The number of hydrogen-bond donors (Lipinski definition) is 2. The fourth-order valence-electron chi connectivity index (χ4n) is 0.672. The van der Waals surface area contributed by atoms with Crippen LogP contribution >= 0.6 is 34.2 Å². The van der Waals surface area contributed by atoms with Gasteiger partial charge in [0.25, 0.3) is 0 Å². The van der Waals surface area contributed by atoms with Crippen molar-refractivity contribution in [3.8, 4) is 5.75 Å². The molecule has 0 saturated carbocycles. The zero-order valence-corrected chi connectivity index (χ0v) is 8.56. The van der Waals surface area contributed by atoms with E-state index in [1.807, 2.05) is 0 Å². The number of benzene rings is 1. The van der Waals surface area contributed by atoms with Crippen LogP contribution in [0.3, 0.4) is 0 Å². The zero-order chi connectivity index (χ0) is 8.97. The maximum Gasteiger partial charge on any atom is 0.165 e. The van der Waals surface area contributed by atoms with Gasteiger partial charge in [0.2, 0.25) is 0 Å². The van der Waals surface area contributed by atoms with Crippen LogP contribution in [0.15, 0.2) is 23.1 Å². The van der Waals surface area contributed by atoms with E-state index in [4.69, 9.17) is 5.11 Å². The topological polar surface area (TPSA) is 20.2 Å². The van der Waals surface area contributed by atoms with Gasteiger partial charge in [-0.05, 0) is 18.2 Å². The van der Waals surface area contributed by atoms with Crippen LogP contribution in [0.2, 0.25) is 0 Å². The van der Waals surface area contributed by atoms with E-state index in [2.05, 4.69) is 11.7 Å². The highest BCUT2D eigenvalue weighted by molar-refractivity contribution is 8.70. The summed E-state index contributed by atoms with van der Waals surface area (Å²) in [7, 11) is 1.38. The summed E-state index contributed by atoms with van der Waals surface area (Å²) in [5, 5.41) is 9.62. The van der Waals surface area contributed by atoms with E-state index in [0.717, 1.165) is 9.98 Å². The fourth-order valence-corrected chi connectivity index (χ4v) is 2.25. The number of aromatic hydroxyl groups is 1. The van der Waals surface area contributed by atoms with E-state index in [1.165, 1.54) is 34.7 Å². The average molecular weight is 222 g/mol. The number of rotatable bonds is 3. The SMILES string of the molecule is Oc1ccc(SCSS)cc1F. The highest BCUT2D eigenvalue weighted by Crippen LogP contribution is 2.27. The summed E-state index contributed by atoms with van der Waals surface area (Å²) >= 11 is 5.43. The molecule has 1 N–H and O–H groups in total. The molecule has 1 nitrogen and oxygen atoms in total. The van der Waals surface area contributed by atoms with Crippen molar-refractivity contribution in [3.05, 3.63) is 24.0 Å². The van der Waals surface area contributed by atoms with Crippen molar-refractivity contribution in [2.45, 2.75) is 4.90 Å². The van der Waals surface area contributed by atoms with E-state index >= 15 is 0 Å². The van der Waals surface area contributed by atoms with Crippen LogP contribution in [0.5, 0.6) is 5.75 Å². The second-order valence-electron chi connectivity index (χ2n) is 2.00. The maximum absolute atomic E-state index is 12.7. The molecule has 0 radical (unpaired) electrons. The Labute approximate surface area is 83.6 Å². The molecular weight excluding hydrogens is 215 g/mol. The maximum atomic E-state index is 12.7. The van der Waals surface area contributed by atoms with E-state index in [0.29, 0.717) is 0 Å². The van der Waals surface area contributed by atoms with E-state index < -0.39 is 5.82 Å². The Morgan fingerprint density at radius 3 is 2.83 bits per heavy atom. The molecule has 1 aromatic carbocycles. The highest BCUT2D eigenvalue weighted by atomic mass is 33.1. The summed E-state index contributed by atoms with van der Waals surface area (Å²) in [6, 6.07) is 4.33. The third-order valence-electron chi connectivity index (χ3n) is 1.20. The fraction of sp³-hybridized carbons (Fsp3) is 0.143. The molecule has 0 heterocycles. The lowest BCUT2D eigenvalue weighted by Gasteiger charge is -1.99. The molecular formula is C7H7FOS3. The predicted octanol–water partition coefficient (Wildman–Crippen LogP) is 3.16. The molecule has 0 atom stereocenters. The third-order valence-corrected chi connectivity index (χ3v) is 3.63. The molecule has 0 aromatic heterocycles. The van der Waals surface area contributed by atoms with Crippen molar-refractivity contribution in [2.75, 3.05) is 5.08 Å². The number of hydrogen-bond acceptors (Lipinski definition) is 4. The highest BCUT2D eigenvalue weighted by Gasteiger charge is 2.00. The molecule has 0 amide bonds. The number of thiol groups is 1. The number of thioether (sulfide) groups is 1. The van der Waals surface area contributed by atoms with Gasteiger partial charge in [-0.3, -0.25) is 0 Å². The molecule has 0 aliphatic carbocycles. The summed E-state index contributed by atoms with van der Waals surface area (Å²) in [5.74, 6) is -0.887. The van der Waals surface area contributed by atoms with Crippen molar-refractivity contribution < 1.29 is 9.50 Å². The van der Waals surface area contributed by atoms with Crippen LogP contribution < -0.4 is 0 Å². The first-order chi connectivity index (χ1) is 5.74. The average Bonchev–Trinajstić information content (AvgIpc) is 2.07. The van der Waals surface area contributed by atoms with E-state index in [-0.39, 0.29) is 5.75 Å². The largest absolute Gasteiger partial charge is 0.505 e. The van der Waals surface area contributed by atoms with Gasteiger partial charge in [0.1, 0.15) is 0 Å². The third kappa shape index (κ3) is 2.80. The Morgan fingerprint density at radius 2 is 2.25 bits per heavy atom. The standard InChI is InChI=1S/C7H7FOS3/c8-6-3-5(11-4-12-10)1-2-7(6)9/h1-3,9-10H,4H2. The van der Waals surface area contributed by atoms with Crippen LogP contribution in [0, 0.1) is 5.82 Å². The quantitative estimate of drug-likeness (QED) is 0.355. The monoisotopic (exact) mass is 222 g/mol. The van der Waals surface area contributed by atoms with Gasteiger partial charge in [-0.15, -0.1) is 23.4 Å². The molecule has 0 bridgehead atoms. The summed E-state index contributed by atoms with van der Waals surface area (Å²) in [6.45, 7) is 0. The van der Waals surface area contributed by atoms with Crippen LogP contribution in [0.4, 0.5) is 4.39 Å². The second-order valence-corrected chi connectivity index (χ2v) is 4.74. The van der Waals surface area contributed by atoms with Crippen molar-refractivity contribution in [2.24, 2.45) is 0 Å². The van der Waals surface area contributed by atoms with Crippen molar-refractivity contribution in [1.82, 2.24) is 0 Å². The molecule has 12 heavy (non-hydrogen) atoms. The van der Waals surface area contributed by atoms with Crippen molar-refractivity contribution >= 4 is 34.2 Å². The first kappa shape index (κ1) is 10.1. The molecule has 1 rings (SSSR count). The van der Waals surface area contributed by atoms with Gasteiger partial charge < -0.3 is 5.11 Å². The van der Waals surface area contributed by atoms with Crippen LogP contribution in [0.1, 0.15) is 0 Å². The zero-order valence-electron chi connectivity index (χ0n) is 6.03. The van der Waals surface area contributed by atoms with Gasteiger partial charge in [0.15, 0.2) is 11.6 Å². The van der Waals surface area contributed by atoms with Gasteiger partial charge >= 0.3 is 0 Å². The van der Waals surface area contributed by atoms with Gasteiger partial charge in [-0.25, -0.2) is 4.39 Å². The van der Waals surface area contributed by atoms with Gasteiger partial charge in [0, 0.05) is 4.90 Å². The lowest BCUT2D eigenvalue weighted by Crippen LogP contribution is -1.77. The van der Waals surface area contributed by atoms with Gasteiger partial charge in [-0.2, -0.15) is 0 Å². The number of phenolic OH excluding ortho intramolecular Hbond substituents is 1. The van der Waals surface area contributed by atoms with Crippen LogP contribution in [0.25, 0.3) is 0 Å². The minimum absolute atomic E-state index is 0.308. The Bertz CT molecular complexity index is 267. The van der Waals surface area contributed by atoms with E-state index in [1.54, 1.807) is 6.07 Å². The number of halogens is 1. The minimum atomic E-state index is -0.579. The van der Waals surface area contributed by atoms with Crippen LogP contribution in [-0.2, 0) is 0 Å². The molecule has 1 aromatic rings. The van der Waals surface area contributed by atoms with E-state index in [9.17, 15) is 4.39 Å². The Balaban J connectivity index is 2.69. The molecule has 0 fully saturated rings. The first-order valence-corrected chi connectivity index (χ1v) is 6.14. The summed E-state index contributed by atoms with van der Waals surface area (Å²) in [5.41, 5.74) is 0. The Kier molecular flexibility index (Phi) is 4.11. The molecule has 5 heteroatoms. The molecule has 0 aliphatic heterocycles. The second kappa shape index (κ2) is 4.89. The summed E-state index contributed by atoms with van der Waals surface area (Å²) in [4.78, 5) is 0.798. The molecule has 66 valence electrons. The lowest BCUT2D eigenvalue weighted by molar-refractivity contribution is 0.431. The van der Waals surface area contributed by atoms with Crippen LogP contribution in [-0.4, -0.2) is 10.2 Å². The molecule has 0 aliphatic rings. The minimum Gasteiger partial charge on any atom is -0.505 e. The summed E-state index contributed by atoms with van der Waals surface area (Å²) in [6.07, 6.45) is 0. The molecule has 0 saturated heterocycles. The normalized spacial score (nSPS) is 10.2. The Hall–Kier alpha value is -0.000000000000000167. The van der Waals surface area contributed by atoms with Gasteiger partial charge in [-0.1, -0.05) is 10.8 Å². The van der Waals surface area contributed by atoms with Crippen molar-refractivity contribution in [3.63, 3.8) is 0 Å².